The number of hydrogen-bond donors (Lipinski definition) is 2. The fourth-order valence-electron chi connectivity index (χ4n) is 1.92. The van der Waals surface area contributed by atoms with Crippen LogP contribution < -0.4 is 5.48 Å². The maximum Gasteiger partial charge on any atom is 0.0332 e. The Morgan fingerprint density at radius 1 is 1.11 bits per heavy atom. The molecule has 0 aromatic heterocycles. The summed E-state index contributed by atoms with van der Waals surface area (Å²) in [6, 6.07) is 14.9. The van der Waals surface area contributed by atoms with Gasteiger partial charge in [-0.3, -0.25) is 0 Å². The van der Waals surface area contributed by atoms with E-state index in [9.17, 15) is 0 Å². The molecule has 0 radical (unpaired) electrons. The zero-order valence-electron chi connectivity index (χ0n) is 10.8. The number of hydroxylamine groups is 1. The van der Waals surface area contributed by atoms with E-state index in [0.29, 0.717) is 17.7 Å². The van der Waals surface area contributed by atoms with Crippen LogP contribution in [0, 0.1) is 5.92 Å². The SMILES string of the molecule is CC(C)C(CNO)Sc1ccc2ccccc2c1. The van der Waals surface area contributed by atoms with Crippen LogP contribution in [0.3, 0.4) is 0 Å². The van der Waals surface area contributed by atoms with E-state index < -0.39 is 0 Å². The molecule has 0 saturated heterocycles. The maximum absolute atomic E-state index is 8.87. The van der Waals surface area contributed by atoms with Gasteiger partial charge in [-0.05, 0) is 28.8 Å². The van der Waals surface area contributed by atoms with Crippen LogP contribution in [0.15, 0.2) is 47.4 Å². The molecule has 2 aromatic rings. The Labute approximate surface area is 112 Å². The monoisotopic (exact) mass is 261 g/mol. The van der Waals surface area contributed by atoms with E-state index in [4.69, 9.17) is 5.21 Å². The number of rotatable bonds is 5. The smallest absolute Gasteiger partial charge is 0.0332 e. The molecule has 3 heteroatoms. The van der Waals surface area contributed by atoms with Crippen LogP contribution in [0.1, 0.15) is 13.8 Å². The summed E-state index contributed by atoms with van der Waals surface area (Å²) < 4.78 is 0. The summed E-state index contributed by atoms with van der Waals surface area (Å²) in [5.74, 6) is 0.515. The van der Waals surface area contributed by atoms with E-state index in [2.05, 4.69) is 61.8 Å². The molecule has 0 heterocycles. The first-order chi connectivity index (χ1) is 8.70. The number of fused-ring (bicyclic) bond motifs is 1. The third-order valence-electron chi connectivity index (χ3n) is 3.04. The molecule has 0 spiro atoms. The molecule has 0 aliphatic rings. The van der Waals surface area contributed by atoms with Crippen molar-refractivity contribution in [2.45, 2.75) is 24.0 Å². The summed E-state index contributed by atoms with van der Waals surface area (Å²) >= 11 is 1.81. The molecule has 2 rings (SSSR count). The lowest BCUT2D eigenvalue weighted by molar-refractivity contribution is 0.163. The van der Waals surface area contributed by atoms with E-state index in [-0.39, 0.29) is 0 Å². The van der Waals surface area contributed by atoms with Crippen molar-refractivity contribution in [3.05, 3.63) is 42.5 Å². The fraction of sp³-hybridized carbons (Fsp3) is 0.333. The summed E-state index contributed by atoms with van der Waals surface area (Å²) in [4.78, 5) is 1.25. The molecule has 2 N–H and O–H groups in total. The highest BCUT2D eigenvalue weighted by molar-refractivity contribution is 8.00. The van der Waals surface area contributed by atoms with Crippen LogP contribution in [0.4, 0.5) is 0 Å². The molecule has 1 unspecified atom stereocenters. The Kier molecular flexibility index (Phi) is 4.64. The van der Waals surface area contributed by atoms with E-state index in [1.54, 1.807) is 0 Å². The lowest BCUT2D eigenvalue weighted by atomic mass is 10.1. The van der Waals surface area contributed by atoms with E-state index >= 15 is 0 Å². The van der Waals surface area contributed by atoms with Gasteiger partial charge < -0.3 is 5.21 Å². The van der Waals surface area contributed by atoms with Gasteiger partial charge in [0.2, 0.25) is 0 Å². The van der Waals surface area contributed by atoms with E-state index in [1.807, 2.05) is 11.8 Å². The van der Waals surface area contributed by atoms with Gasteiger partial charge in [-0.25, -0.2) is 5.48 Å². The standard InChI is InChI=1S/C15H19NOS/c1-11(2)15(10-16-17)18-14-8-7-12-5-3-4-6-13(12)9-14/h3-9,11,15-17H,10H2,1-2H3. The third-order valence-corrected chi connectivity index (χ3v) is 4.58. The summed E-state index contributed by atoms with van der Waals surface area (Å²) in [6.45, 7) is 4.96. The predicted octanol–water partition coefficient (Wildman–Crippen LogP) is 3.94. The topological polar surface area (TPSA) is 32.3 Å². The second-order valence-corrected chi connectivity index (χ2v) is 6.08. The van der Waals surface area contributed by atoms with E-state index in [0.717, 1.165) is 0 Å². The van der Waals surface area contributed by atoms with Crippen molar-refractivity contribution < 1.29 is 5.21 Å². The zero-order chi connectivity index (χ0) is 13.0. The summed E-state index contributed by atoms with van der Waals surface area (Å²) in [5.41, 5.74) is 2.29. The first-order valence-electron chi connectivity index (χ1n) is 6.23. The molecule has 2 aromatic carbocycles. The average molecular weight is 261 g/mol. The van der Waals surface area contributed by atoms with Crippen molar-refractivity contribution in [1.29, 1.82) is 0 Å². The van der Waals surface area contributed by atoms with Gasteiger partial charge in [0.1, 0.15) is 0 Å². The molecule has 0 bridgehead atoms. The Morgan fingerprint density at radius 3 is 2.50 bits per heavy atom. The van der Waals surface area contributed by atoms with Crippen molar-refractivity contribution in [3.8, 4) is 0 Å². The predicted molar refractivity (Wildman–Crippen MR) is 78.2 cm³/mol. The number of thioether (sulfide) groups is 1. The quantitative estimate of drug-likeness (QED) is 0.631. The lowest BCUT2D eigenvalue weighted by Gasteiger charge is -2.19. The largest absolute Gasteiger partial charge is 0.317 e. The second kappa shape index (κ2) is 6.23. The lowest BCUT2D eigenvalue weighted by Crippen LogP contribution is -2.25. The first-order valence-corrected chi connectivity index (χ1v) is 7.11. The zero-order valence-corrected chi connectivity index (χ0v) is 11.6. The van der Waals surface area contributed by atoms with Crippen molar-refractivity contribution in [2.75, 3.05) is 6.54 Å². The van der Waals surface area contributed by atoms with Crippen molar-refractivity contribution in [1.82, 2.24) is 5.48 Å². The molecule has 0 aliphatic carbocycles. The van der Waals surface area contributed by atoms with Gasteiger partial charge in [0.05, 0.1) is 0 Å². The van der Waals surface area contributed by atoms with Crippen LogP contribution in [-0.2, 0) is 0 Å². The minimum absolute atomic E-state index is 0.371. The molecule has 1 atom stereocenters. The summed E-state index contributed by atoms with van der Waals surface area (Å²) in [7, 11) is 0. The molecule has 0 aliphatic heterocycles. The highest BCUT2D eigenvalue weighted by Crippen LogP contribution is 2.30. The molecule has 96 valence electrons. The number of nitrogens with one attached hydrogen (secondary N) is 1. The van der Waals surface area contributed by atoms with Gasteiger partial charge in [-0.1, -0.05) is 44.2 Å². The molecular weight excluding hydrogens is 242 g/mol. The third kappa shape index (κ3) is 3.25. The van der Waals surface area contributed by atoms with Gasteiger partial charge >= 0.3 is 0 Å². The molecule has 0 fully saturated rings. The van der Waals surface area contributed by atoms with Gasteiger partial charge in [0.25, 0.3) is 0 Å². The first kappa shape index (κ1) is 13.4. The highest BCUT2D eigenvalue weighted by atomic mass is 32.2. The van der Waals surface area contributed by atoms with Crippen molar-refractivity contribution in [3.63, 3.8) is 0 Å². The minimum Gasteiger partial charge on any atom is -0.317 e. The maximum atomic E-state index is 8.87. The van der Waals surface area contributed by atoms with Crippen LogP contribution in [0.25, 0.3) is 10.8 Å². The van der Waals surface area contributed by atoms with Gasteiger partial charge in [-0.2, -0.15) is 0 Å². The summed E-state index contributed by atoms with van der Waals surface area (Å²) in [6.07, 6.45) is 0. The van der Waals surface area contributed by atoms with Crippen LogP contribution in [0.2, 0.25) is 0 Å². The van der Waals surface area contributed by atoms with Crippen LogP contribution in [-0.4, -0.2) is 17.0 Å². The van der Waals surface area contributed by atoms with Crippen molar-refractivity contribution in [2.24, 2.45) is 5.92 Å². The molecular formula is C15H19NOS. The van der Waals surface area contributed by atoms with Crippen molar-refractivity contribution >= 4 is 22.5 Å². The molecule has 18 heavy (non-hydrogen) atoms. The van der Waals surface area contributed by atoms with Crippen LogP contribution >= 0.6 is 11.8 Å². The normalized spacial score (nSPS) is 13.1. The Balaban J connectivity index is 2.20. The van der Waals surface area contributed by atoms with E-state index in [1.165, 1.54) is 15.7 Å². The Hall–Kier alpha value is -1.03. The summed E-state index contributed by atoms with van der Waals surface area (Å²) in [5, 5.41) is 11.8. The van der Waals surface area contributed by atoms with Gasteiger partial charge in [0, 0.05) is 16.7 Å². The molecule has 2 nitrogen and oxygen atoms in total. The molecule has 0 saturated carbocycles. The number of hydrogen-bond acceptors (Lipinski definition) is 3. The van der Waals surface area contributed by atoms with Gasteiger partial charge in [-0.15, -0.1) is 11.8 Å². The minimum atomic E-state index is 0.371. The second-order valence-electron chi connectivity index (χ2n) is 4.77. The molecule has 0 amide bonds. The Morgan fingerprint density at radius 2 is 1.83 bits per heavy atom. The number of benzene rings is 2. The highest BCUT2D eigenvalue weighted by Gasteiger charge is 2.14. The fourth-order valence-corrected chi connectivity index (χ4v) is 3.04. The van der Waals surface area contributed by atoms with Gasteiger partial charge in [0.15, 0.2) is 0 Å². The van der Waals surface area contributed by atoms with Crippen LogP contribution in [0.5, 0.6) is 0 Å². The Bertz CT molecular complexity index is 513. The average Bonchev–Trinajstić information content (AvgIpc) is 2.38.